The van der Waals surface area contributed by atoms with Crippen molar-refractivity contribution in [2.45, 2.75) is 263 Å². The summed E-state index contributed by atoms with van der Waals surface area (Å²) in [6, 6.07) is 118. The highest BCUT2D eigenvalue weighted by molar-refractivity contribution is 5.92. The van der Waals surface area contributed by atoms with Crippen LogP contribution >= 0.6 is 0 Å². The molecule has 4 aliphatic rings. The molecular weight excluding hydrogens is 1500 g/mol. The molecule has 4 aliphatic carbocycles. The predicted octanol–water partition coefficient (Wildman–Crippen LogP) is 36.8. The van der Waals surface area contributed by atoms with Gasteiger partial charge in [0.1, 0.15) is 0 Å². The highest BCUT2D eigenvalue weighted by Crippen LogP contribution is 2.59. The van der Waals surface area contributed by atoms with Crippen molar-refractivity contribution in [2.24, 2.45) is 0 Å². The van der Waals surface area contributed by atoms with E-state index in [2.05, 4.69) is 359 Å². The zero-order chi connectivity index (χ0) is 85.5. The highest BCUT2D eigenvalue weighted by atomic mass is 14.5. The summed E-state index contributed by atoms with van der Waals surface area (Å²) in [6.07, 6.45) is 37.7. The average Bonchev–Trinajstić information content (AvgIpc) is 1.56. The van der Waals surface area contributed by atoms with E-state index in [-0.39, 0.29) is 21.7 Å². The van der Waals surface area contributed by atoms with E-state index in [0.29, 0.717) is 0 Å². The molecule has 0 heteroatoms. The molecule has 0 nitrogen and oxygen atoms in total. The molecule has 0 saturated heterocycles. The fraction of sp³-hybridized carbons (Fsp3) is 0.328. The first kappa shape index (κ1) is 84.9. The van der Waals surface area contributed by atoms with Crippen molar-refractivity contribution in [3.63, 3.8) is 0 Å². The minimum atomic E-state index is -0.166. The van der Waals surface area contributed by atoms with Gasteiger partial charge in [0.2, 0.25) is 0 Å². The zero-order valence-corrected chi connectivity index (χ0v) is 76.4. The van der Waals surface area contributed by atoms with Crippen molar-refractivity contribution in [2.75, 3.05) is 0 Å². The lowest BCUT2D eigenvalue weighted by atomic mass is 9.70. The maximum Gasteiger partial charge on any atom is 0.0215 e. The number of benzene rings is 14. The Morgan fingerprint density at radius 2 is 0.360 bits per heavy atom. The highest BCUT2D eigenvalue weighted by Gasteiger charge is 2.45. The van der Waals surface area contributed by atoms with Crippen LogP contribution in [0, 0.1) is 0 Å². The minimum Gasteiger partial charge on any atom is -0.0654 e. The fourth-order valence-corrected chi connectivity index (χ4v) is 23.0. The third-order valence-corrected chi connectivity index (χ3v) is 30.1. The minimum absolute atomic E-state index is 0.0581. The monoisotopic (exact) mass is 1630 g/mol. The van der Waals surface area contributed by atoms with E-state index in [1.807, 2.05) is 0 Å². The van der Waals surface area contributed by atoms with Crippen molar-refractivity contribution in [1.82, 2.24) is 0 Å². The van der Waals surface area contributed by atoms with Crippen LogP contribution < -0.4 is 0 Å². The molecule has 0 spiro atoms. The molecule has 0 heterocycles. The third-order valence-electron chi connectivity index (χ3n) is 30.1. The van der Waals surface area contributed by atoms with Crippen LogP contribution in [0.4, 0.5) is 0 Å². The van der Waals surface area contributed by atoms with Crippen molar-refractivity contribution < 1.29 is 0 Å². The first-order valence-corrected chi connectivity index (χ1v) is 49.0. The number of hydrogen-bond donors (Lipinski definition) is 0. The Balaban J connectivity index is 0.522. The van der Waals surface area contributed by atoms with Crippen LogP contribution in [0.15, 0.2) is 303 Å². The SMILES string of the molecule is CCCCCCCCC1(CCCCCCCC)c2ccccc2-c2ccc(-c3ccc4c(c3)C(C)(C)c3cc(-c5cccc(-c6cccc(-c7ccc(Cc8ccc(-c9cccc(-c%10cccc(-c%11ccc%12c(c%11)C(C)(C)c%11cc(-c%13ccc%14c(c%13)C(CCCCCCCC)(CCCCCCCC)c%13ccccc%13-%14)ccc%11-%12)c%10)c9)cc8)cc7)c6)c5)ccc3-4)cc21. The van der Waals surface area contributed by atoms with Crippen LogP contribution in [0.2, 0.25) is 0 Å². The number of hydrogen-bond acceptors (Lipinski definition) is 0. The van der Waals surface area contributed by atoms with Gasteiger partial charge in [-0.15, -0.1) is 0 Å². The van der Waals surface area contributed by atoms with Gasteiger partial charge in [0, 0.05) is 21.7 Å². The smallest absolute Gasteiger partial charge is 0.0215 e. The van der Waals surface area contributed by atoms with Crippen molar-refractivity contribution in [3.05, 3.63) is 359 Å². The molecule has 18 rings (SSSR count). The first-order chi connectivity index (χ1) is 61.3. The molecule has 0 fully saturated rings. The molecule has 632 valence electrons. The molecule has 0 unspecified atom stereocenters. The lowest BCUT2D eigenvalue weighted by Crippen LogP contribution is -2.25. The summed E-state index contributed by atoms with van der Waals surface area (Å²) in [5.41, 5.74) is 45.8. The van der Waals surface area contributed by atoms with E-state index in [1.165, 1.54) is 347 Å². The van der Waals surface area contributed by atoms with Crippen LogP contribution in [-0.4, -0.2) is 0 Å². The Morgan fingerprint density at radius 1 is 0.160 bits per heavy atom. The summed E-state index contributed by atoms with van der Waals surface area (Å²) in [4.78, 5) is 0. The third kappa shape index (κ3) is 17.2. The van der Waals surface area contributed by atoms with E-state index < -0.39 is 0 Å². The van der Waals surface area contributed by atoms with Gasteiger partial charge in [-0.1, -0.05) is 452 Å². The van der Waals surface area contributed by atoms with Crippen LogP contribution in [0.1, 0.15) is 291 Å². The number of unbranched alkanes of at least 4 members (excludes halogenated alkanes) is 20. The molecule has 0 N–H and O–H groups in total. The van der Waals surface area contributed by atoms with Gasteiger partial charge in [0.25, 0.3) is 0 Å². The standard InChI is InChI=1S/C125H132/c1-9-13-17-21-25-33-73-124(74-34-26-22-18-14-10-2)114-51-31-29-49-106(114)112-71-65-104(86-120(112)124)102-63-69-110-108-67-61-100(82-116(108)122(5,6)118(110)84-102)98-47-39-45-96(80-98)94-43-37-41-92(78-94)90-57-53-88(54-58-90)77-89-55-59-91(60-56-89)93-42-38-44-95(79-93)97-46-40-48-99(81-97)101-62-68-109-111-70-64-103(85-119(111)123(7,8)117(109)83-101)105-66-72-113-107-50-30-32-52-115(107)125(121(113)87-105,75-35-27-23-19-15-11-3)76-36-28-24-20-16-12-4/h29-32,37-72,78-87H,9-28,33-36,73-77H2,1-8H3. The second kappa shape index (κ2) is 37.7. The summed E-state index contributed by atoms with van der Waals surface area (Å²) in [7, 11) is 0. The predicted molar refractivity (Wildman–Crippen MR) is 539 cm³/mol. The largest absolute Gasteiger partial charge is 0.0654 e. The summed E-state index contributed by atoms with van der Waals surface area (Å²) in [5, 5.41) is 0. The molecule has 14 aromatic rings. The normalized spacial score (nSPS) is 14.1. The zero-order valence-electron chi connectivity index (χ0n) is 76.4. The molecule has 0 aromatic heterocycles. The summed E-state index contributed by atoms with van der Waals surface area (Å²) < 4.78 is 0. The summed E-state index contributed by atoms with van der Waals surface area (Å²) in [5.74, 6) is 0. The maximum absolute atomic E-state index is 2.64. The van der Waals surface area contributed by atoms with E-state index >= 15 is 0 Å². The van der Waals surface area contributed by atoms with E-state index in [4.69, 9.17) is 0 Å². The number of fused-ring (bicyclic) bond motifs is 12. The topological polar surface area (TPSA) is 0 Å². The quantitative estimate of drug-likeness (QED) is 0.0338. The van der Waals surface area contributed by atoms with Gasteiger partial charge >= 0.3 is 0 Å². The molecule has 0 bridgehead atoms. The van der Waals surface area contributed by atoms with E-state index in [0.717, 1.165) is 6.42 Å². The van der Waals surface area contributed by atoms with Crippen LogP contribution in [0.25, 0.3) is 134 Å². The lowest BCUT2D eigenvalue weighted by molar-refractivity contribution is 0.398. The van der Waals surface area contributed by atoms with Crippen molar-refractivity contribution in [1.29, 1.82) is 0 Å². The molecular formula is C125H132. The molecule has 0 aliphatic heterocycles. The first-order valence-electron chi connectivity index (χ1n) is 49.0. The Morgan fingerprint density at radius 3 is 0.624 bits per heavy atom. The maximum atomic E-state index is 2.64. The van der Waals surface area contributed by atoms with Gasteiger partial charge in [-0.2, -0.15) is 0 Å². The van der Waals surface area contributed by atoms with Gasteiger partial charge in [0.05, 0.1) is 0 Å². The Hall–Kier alpha value is -10.9. The fourth-order valence-electron chi connectivity index (χ4n) is 23.0. The average molecular weight is 1630 g/mol. The Labute approximate surface area is 750 Å². The van der Waals surface area contributed by atoms with Crippen LogP contribution in [0.3, 0.4) is 0 Å². The lowest BCUT2D eigenvalue weighted by Gasteiger charge is -2.33. The van der Waals surface area contributed by atoms with Crippen LogP contribution in [-0.2, 0) is 28.1 Å². The van der Waals surface area contributed by atoms with Gasteiger partial charge in [-0.05, 0) is 282 Å². The van der Waals surface area contributed by atoms with Gasteiger partial charge in [-0.3, -0.25) is 0 Å². The Bertz CT molecular complexity index is 5730. The molecule has 0 atom stereocenters. The van der Waals surface area contributed by atoms with Gasteiger partial charge in [-0.25, -0.2) is 0 Å². The van der Waals surface area contributed by atoms with Crippen molar-refractivity contribution in [3.8, 4) is 134 Å². The molecule has 14 aromatic carbocycles. The van der Waals surface area contributed by atoms with Gasteiger partial charge in [0.15, 0.2) is 0 Å². The summed E-state index contributed by atoms with van der Waals surface area (Å²) >= 11 is 0. The van der Waals surface area contributed by atoms with Crippen LogP contribution in [0.5, 0.6) is 0 Å². The molecule has 0 amide bonds. The van der Waals surface area contributed by atoms with Crippen molar-refractivity contribution >= 4 is 0 Å². The molecule has 125 heavy (non-hydrogen) atoms. The molecule has 0 saturated carbocycles. The number of rotatable bonds is 38. The Kier molecular flexibility index (Phi) is 25.6. The second-order valence-electron chi connectivity index (χ2n) is 39.0. The van der Waals surface area contributed by atoms with E-state index in [9.17, 15) is 0 Å². The summed E-state index contributed by atoms with van der Waals surface area (Å²) in [6.45, 7) is 19.1. The van der Waals surface area contributed by atoms with Gasteiger partial charge < -0.3 is 0 Å². The second-order valence-corrected chi connectivity index (χ2v) is 39.0. The van der Waals surface area contributed by atoms with E-state index in [1.54, 1.807) is 22.3 Å². The molecule has 0 radical (unpaired) electrons.